The van der Waals surface area contributed by atoms with Crippen LogP contribution < -0.4 is 5.32 Å². The van der Waals surface area contributed by atoms with E-state index in [1.54, 1.807) is 47.6 Å². The van der Waals surface area contributed by atoms with Crippen molar-refractivity contribution in [1.82, 2.24) is 15.2 Å². The smallest absolute Gasteiger partial charge is 0.254 e. The fraction of sp³-hybridized carbons (Fsp3) is 0.381. The number of carbonyl (C=O) groups excluding carboxylic acids is 2. The number of phenols is 1. The van der Waals surface area contributed by atoms with E-state index >= 15 is 0 Å². The van der Waals surface area contributed by atoms with E-state index in [4.69, 9.17) is 4.74 Å². The summed E-state index contributed by atoms with van der Waals surface area (Å²) in [7, 11) is 0. The first-order valence-electron chi connectivity index (χ1n) is 9.48. The second-order valence-electron chi connectivity index (χ2n) is 7.39. The van der Waals surface area contributed by atoms with Gasteiger partial charge in [0.15, 0.2) is 0 Å². The van der Waals surface area contributed by atoms with Crippen LogP contribution in [0, 0.1) is 5.92 Å². The Balaban J connectivity index is 1.30. The third kappa shape index (κ3) is 3.57. The summed E-state index contributed by atoms with van der Waals surface area (Å²) in [6, 6.07) is 9.77. The van der Waals surface area contributed by atoms with Gasteiger partial charge in [0.05, 0.1) is 13.1 Å². The minimum Gasteiger partial charge on any atom is -0.508 e. The fourth-order valence-corrected chi connectivity index (χ4v) is 4.07. The van der Waals surface area contributed by atoms with E-state index in [9.17, 15) is 14.7 Å². The number of phenolic OH excluding ortho intramolecular Hbond substituents is 1. The lowest BCUT2D eigenvalue weighted by Gasteiger charge is -2.50. The molecule has 4 rings (SSSR count). The number of amides is 2. The molecule has 1 atom stereocenters. The molecule has 0 unspecified atom stereocenters. The van der Waals surface area contributed by atoms with Gasteiger partial charge in [-0.25, -0.2) is 0 Å². The number of aromatic hydroxyl groups is 1. The summed E-state index contributed by atoms with van der Waals surface area (Å²) < 4.78 is 6.01. The number of benzene rings is 1. The van der Waals surface area contributed by atoms with Gasteiger partial charge in [-0.1, -0.05) is 6.07 Å². The van der Waals surface area contributed by atoms with Crippen molar-refractivity contribution in [3.63, 3.8) is 0 Å². The van der Waals surface area contributed by atoms with Gasteiger partial charge in [0, 0.05) is 36.7 Å². The lowest BCUT2D eigenvalue weighted by atomic mass is 9.78. The van der Waals surface area contributed by atoms with Crippen molar-refractivity contribution in [2.24, 2.45) is 5.92 Å². The molecule has 7 heteroatoms. The number of likely N-dealkylation sites (tertiary alicyclic amines) is 1. The predicted molar refractivity (Wildman–Crippen MR) is 102 cm³/mol. The Bertz CT molecular complexity index is 865. The number of nitrogens with one attached hydrogen (secondary N) is 1. The van der Waals surface area contributed by atoms with Gasteiger partial charge in [-0.2, -0.15) is 0 Å². The summed E-state index contributed by atoms with van der Waals surface area (Å²) in [6.07, 6.45) is 4.94. The number of hydrogen-bond acceptors (Lipinski definition) is 5. The Labute approximate surface area is 163 Å². The van der Waals surface area contributed by atoms with Crippen LogP contribution in [0.15, 0.2) is 48.8 Å². The molecule has 0 bridgehead atoms. The summed E-state index contributed by atoms with van der Waals surface area (Å²) in [5.74, 6) is 0.186. The molecule has 1 aromatic carbocycles. The van der Waals surface area contributed by atoms with Crippen molar-refractivity contribution in [2.75, 3.05) is 26.2 Å². The Kier molecular flexibility index (Phi) is 5.00. The minimum absolute atomic E-state index is 0.0843. The van der Waals surface area contributed by atoms with Gasteiger partial charge in [0.2, 0.25) is 0 Å². The molecule has 3 heterocycles. The highest BCUT2D eigenvalue weighted by Crippen LogP contribution is 2.42. The number of nitrogens with zero attached hydrogens (tertiary/aromatic N) is 2. The maximum absolute atomic E-state index is 12.6. The molecule has 2 N–H and O–H groups in total. The number of pyridine rings is 1. The molecule has 2 aliphatic heterocycles. The molecule has 0 radical (unpaired) electrons. The van der Waals surface area contributed by atoms with Crippen molar-refractivity contribution >= 4 is 11.8 Å². The molecule has 146 valence electrons. The SMILES string of the molecule is O=C(NCC[C@@H]1CCOC12CN(C(=O)c1cccc(O)c1)C2)c1ccncc1. The second-order valence-corrected chi connectivity index (χ2v) is 7.39. The van der Waals surface area contributed by atoms with Gasteiger partial charge >= 0.3 is 0 Å². The average Bonchev–Trinajstić information content (AvgIpc) is 3.11. The van der Waals surface area contributed by atoms with E-state index in [2.05, 4.69) is 10.3 Å². The molecule has 7 nitrogen and oxygen atoms in total. The van der Waals surface area contributed by atoms with Crippen LogP contribution in [0.5, 0.6) is 5.75 Å². The van der Waals surface area contributed by atoms with E-state index in [1.165, 1.54) is 6.07 Å². The Morgan fingerprint density at radius 2 is 2.00 bits per heavy atom. The lowest BCUT2D eigenvalue weighted by Crippen LogP contribution is -2.66. The standard InChI is InChI=1S/C21H23N3O4/c25-18-3-1-2-16(12-18)20(27)24-13-21(14-24)17(7-11-28-21)6-10-23-19(26)15-4-8-22-9-5-15/h1-5,8-9,12,17,25H,6-7,10-11,13-14H2,(H,23,26)/t17-/m1/s1. The summed E-state index contributed by atoms with van der Waals surface area (Å²) in [4.78, 5) is 30.4. The molecule has 1 aromatic heterocycles. The minimum atomic E-state index is -0.312. The summed E-state index contributed by atoms with van der Waals surface area (Å²) in [5, 5.41) is 12.5. The zero-order valence-corrected chi connectivity index (χ0v) is 15.5. The van der Waals surface area contributed by atoms with Crippen molar-refractivity contribution < 1.29 is 19.4 Å². The van der Waals surface area contributed by atoms with E-state index in [-0.39, 0.29) is 23.2 Å². The van der Waals surface area contributed by atoms with E-state index in [0.29, 0.717) is 43.3 Å². The molecular weight excluding hydrogens is 358 g/mol. The Morgan fingerprint density at radius 1 is 1.21 bits per heavy atom. The third-order valence-electron chi connectivity index (χ3n) is 5.62. The number of ether oxygens (including phenoxy) is 1. The molecule has 2 aromatic rings. The maximum Gasteiger partial charge on any atom is 0.254 e. The van der Waals surface area contributed by atoms with Crippen molar-refractivity contribution in [3.05, 3.63) is 59.9 Å². The Morgan fingerprint density at radius 3 is 2.75 bits per heavy atom. The van der Waals surface area contributed by atoms with E-state index in [0.717, 1.165) is 12.8 Å². The van der Waals surface area contributed by atoms with Gasteiger partial charge < -0.3 is 20.1 Å². The molecule has 2 aliphatic rings. The molecule has 2 amide bonds. The first-order valence-corrected chi connectivity index (χ1v) is 9.48. The number of aromatic nitrogens is 1. The van der Waals surface area contributed by atoms with E-state index in [1.807, 2.05) is 0 Å². The monoisotopic (exact) mass is 381 g/mol. The first kappa shape index (κ1) is 18.4. The molecular formula is C21H23N3O4. The fourth-order valence-electron chi connectivity index (χ4n) is 4.07. The first-order chi connectivity index (χ1) is 13.6. The number of hydrogen-bond donors (Lipinski definition) is 2. The van der Waals surface area contributed by atoms with Crippen molar-refractivity contribution in [1.29, 1.82) is 0 Å². The number of carbonyl (C=O) groups is 2. The van der Waals surface area contributed by atoms with Crippen molar-refractivity contribution in [3.8, 4) is 5.75 Å². The quantitative estimate of drug-likeness (QED) is 0.825. The average molecular weight is 381 g/mol. The van der Waals surface area contributed by atoms with Crippen LogP contribution >= 0.6 is 0 Å². The van der Waals surface area contributed by atoms with Gasteiger partial charge in [-0.05, 0) is 49.1 Å². The molecule has 2 fully saturated rings. The highest BCUT2D eigenvalue weighted by Gasteiger charge is 2.54. The maximum atomic E-state index is 12.6. The summed E-state index contributed by atoms with van der Waals surface area (Å²) >= 11 is 0. The van der Waals surface area contributed by atoms with Crippen LogP contribution in [0.3, 0.4) is 0 Å². The van der Waals surface area contributed by atoms with Crippen LogP contribution in [0.1, 0.15) is 33.6 Å². The van der Waals surface area contributed by atoms with Crippen LogP contribution in [0.25, 0.3) is 0 Å². The van der Waals surface area contributed by atoms with Crippen LogP contribution in [0.4, 0.5) is 0 Å². The predicted octanol–water partition coefficient (Wildman–Crippen LogP) is 1.84. The van der Waals surface area contributed by atoms with Gasteiger partial charge in [0.1, 0.15) is 11.4 Å². The molecule has 2 saturated heterocycles. The summed E-state index contributed by atoms with van der Waals surface area (Å²) in [5.41, 5.74) is 0.765. The lowest BCUT2D eigenvalue weighted by molar-refractivity contribution is -0.117. The molecule has 0 aliphatic carbocycles. The highest BCUT2D eigenvalue weighted by molar-refractivity contribution is 5.95. The van der Waals surface area contributed by atoms with Crippen LogP contribution in [-0.2, 0) is 4.74 Å². The van der Waals surface area contributed by atoms with Crippen LogP contribution in [-0.4, -0.2) is 58.6 Å². The van der Waals surface area contributed by atoms with Gasteiger partial charge in [-0.15, -0.1) is 0 Å². The molecule has 28 heavy (non-hydrogen) atoms. The number of rotatable bonds is 5. The summed E-state index contributed by atoms with van der Waals surface area (Å²) in [6.45, 7) is 2.34. The highest BCUT2D eigenvalue weighted by atomic mass is 16.5. The van der Waals surface area contributed by atoms with E-state index < -0.39 is 0 Å². The van der Waals surface area contributed by atoms with Gasteiger partial charge in [0.25, 0.3) is 11.8 Å². The topological polar surface area (TPSA) is 91.8 Å². The second kappa shape index (κ2) is 7.59. The van der Waals surface area contributed by atoms with Crippen molar-refractivity contribution in [2.45, 2.75) is 18.4 Å². The Hall–Kier alpha value is -2.93. The normalized spacial score (nSPS) is 20.0. The van der Waals surface area contributed by atoms with Gasteiger partial charge in [-0.3, -0.25) is 14.6 Å². The molecule has 1 spiro atoms. The zero-order chi connectivity index (χ0) is 19.6. The van der Waals surface area contributed by atoms with Crippen LogP contribution in [0.2, 0.25) is 0 Å². The zero-order valence-electron chi connectivity index (χ0n) is 15.5. The third-order valence-corrected chi connectivity index (χ3v) is 5.62. The largest absolute Gasteiger partial charge is 0.508 e. The molecule has 0 saturated carbocycles.